The summed E-state index contributed by atoms with van der Waals surface area (Å²) in [6.45, 7) is 9.72. The summed E-state index contributed by atoms with van der Waals surface area (Å²) in [5, 5.41) is 3.39. The molecule has 1 aromatic heterocycles. The van der Waals surface area contributed by atoms with Gasteiger partial charge in [-0.3, -0.25) is 4.98 Å². The van der Waals surface area contributed by atoms with Gasteiger partial charge in [0.25, 0.3) is 0 Å². The predicted molar refractivity (Wildman–Crippen MR) is 79.0 cm³/mol. The zero-order valence-corrected chi connectivity index (χ0v) is 12.2. The number of rotatable bonds is 8. The standard InChI is InChI=1S/C15H27N3/c1-5-8-16-12-14-11-15(6-9-17-14)18(4)10-7-13(2)3/h6,9,11,13,16H,5,7-8,10,12H2,1-4H3. The quantitative estimate of drug-likeness (QED) is 0.718. The Labute approximate surface area is 112 Å². The molecular weight excluding hydrogens is 222 g/mol. The predicted octanol–water partition coefficient (Wildman–Crippen LogP) is 3.06. The number of anilines is 1. The van der Waals surface area contributed by atoms with E-state index in [1.165, 1.54) is 12.1 Å². The monoisotopic (exact) mass is 249 g/mol. The minimum atomic E-state index is 0.750. The molecule has 1 rings (SSSR count). The van der Waals surface area contributed by atoms with E-state index in [1.54, 1.807) is 0 Å². The van der Waals surface area contributed by atoms with Crippen molar-refractivity contribution in [1.82, 2.24) is 10.3 Å². The number of nitrogens with one attached hydrogen (secondary N) is 1. The Morgan fingerprint density at radius 3 is 2.83 bits per heavy atom. The molecule has 102 valence electrons. The lowest BCUT2D eigenvalue weighted by Gasteiger charge is -2.20. The van der Waals surface area contributed by atoms with Crippen molar-refractivity contribution in [1.29, 1.82) is 0 Å². The Balaban J connectivity index is 2.52. The fourth-order valence-electron chi connectivity index (χ4n) is 1.77. The van der Waals surface area contributed by atoms with Crippen molar-refractivity contribution in [2.24, 2.45) is 5.92 Å². The van der Waals surface area contributed by atoms with E-state index in [0.29, 0.717) is 0 Å². The molecule has 18 heavy (non-hydrogen) atoms. The van der Waals surface area contributed by atoms with Crippen molar-refractivity contribution in [3.63, 3.8) is 0 Å². The Morgan fingerprint density at radius 2 is 2.17 bits per heavy atom. The van der Waals surface area contributed by atoms with Gasteiger partial charge in [0.15, 0.2) is 0 Å². The van der Waals surface area contributed by atoms with Crippen LogP contribution in [-0.4, -0.2) is 25.1 Å². The summed E-state index contributed by atoms with van der Waals surface area (Å²) in [5.74, 6) is 0.750. The SMILES string of the molecule is CCCNCc1cc(N(C)CCC(C)C)ccn1. The summed E-state index contributed by atoms with van der Waals surface area (Å²) in [6.07, 6.45) is 4.29. The smallest absolute Gasteiger partial charge is 0.0562 e. The summed E-state index contributed by atoms with van der Waals surface area (Å²) in [5.41, 5.74) is 2.39. The molecule has 0 aliphatic rings. The highest BCUT2D eigenvalue weighted by atomic mass is 15.1. The molecule has 3 nitrogen and oxygen atoms in total. The second kappa shape index (κ2) is 8.09. The van der Waals surface area contributed by atoms with Crippen molar-refractivity contribution in [3.05, 3.63) is 24.0 Å². The van der Waals surface area contributed by atoms with Gasteiger partial charge < -0.3 is 10.2 Å². The zero-order valence-electron chi connectivity index (χ0n) is 12.2. The summed E-state index contributed by atoms with van der Waals surface area (Å²) in [6, 6.07) is 4.27. The molecule has 0 aliphatic heterocycles. The molecule has 0 fully saturated rings. The van der Waals surface area contributed by atoms with E-state index in [2.05, 4.69) is 55.2 Å². The largest absolute Gasteiger partial charge is 0.374 e. The first-order chi connectivity index (χ1) is 8.63. The molecule has 0 aromatic carbocycles. The molecule has 1 heterocycles. The first-order valence-corrected chi connectivity index (χ1v) is 7.00. The molecule has 0 aliphatic carbocycles. The van der Waals surface area contributed by atoms with Crippen LogP contribution >= 0.6 is 0 Å². The molecule has 1 N–H and O–H groups in total. The lowest BCUT2D eigenvalue weighted by molar-refractivity contribution is 0.585. The van der Waals surface area contributed by atoms with Crippen molar-refractivity contribution in [3.8, 4) is 0 Å². The second-order valence-electron chi connectivity index (χ2n) is 5.29. The molecular formula is C15H27N3. The number of hydrogen-bond donors (Lipinski definition) is 1. The maximum atomic E-state index is 4.40. The van der Waals surface area contributed by atoms with E-state index in [1.807, 2.05) is 6.20 Å². The Bertz CT molecular complexity index is 336. The van der Waals surface area contributed by atoms with Gasteiger partial charge in [-0.05, 0) is 37.4 Å². The van der Waals surface area contributed by atoms with Gasteiger partial charge in [-0.1, -0.05) is 20.8 Å². The van der Waals surface area contributed by atoms with E-state index in [4.69, 9.17) is 0 Å². The third-order valence-electron chi connectivity index (χ3n) is 3.02. The van der Waals surface area contributed by atoms with Crippen molar-refractivity contribution >= 4 is 5.69 Å². The highest BCUT2D eigenvalue weighted by molar-refractivity contribution is 5.45. The fourth-order valence-corrected chi connectivity index (χ4v) is 1.77. The van der Waals surface area contributed by atoms with Crippen molar-refractivity contribution < 1.29 is 0 Å². The van der Waals surface area contributed by atoms with E-state index >= 15 is 0 Å². The van der Waals surface area contributed by atoms with Crippen LogP contribution in [0.25, 0.3) is 0 Å². The Hall–Kier alpha value is -1.09. The minimum absolute atomic E-state index is 0.750. The van der Waals surface area contributed by atoms with E-state index < -0.39 is 0 Å². The number of aromatic nitrogens is 1. The second-order valence-corrected chi connectivity index (χ2v) is 5.29. The lowest BCUT2D eigenvalue weighted by atomic mass is 10.1. The average molecular weight is 249 g/mol. The molecule has 0 bridgehead atoms. The number of hydrogen-bond acceptors (Lipinski definition) is 3. The maximum Gasteiger partial charge on any atom is 0.0562 e. The Morgan fingerprint density at radius 1 is 1.39 bits per heavy atom. The van der Waals surface area contributed by atoms with Crippen LogP contribution in [0.4, 0.5) is 5.69 Å². The van der Waals surface area contributed by atoms with E-state index in [0.717, 1.165) is 37.7 Å². The Kier molecular flexibility index (Phi) is 6.73. The molecule has 3 heteroatoms. The van der Waals surface area contributed by atoms with Gasteiger partial charge in [-0.15, -0.1) is 0 Å². The van der Waals surface area contributed by atoms with Crippen LogP contribution in [0, 0.1) is 5.92 Å². The zero-order chi connectivity index (χ0) is 13.4. The highest BCUT2D eigenvalue weighted by Crippen LogP contribution is 2.14. The average Bonchev–Trinajstić information content (AvgIpc) is 2.36. The molecule has 0 saturated carbocycles. The maximum absolute atomic E-state index is 4.40. The first kappa shape index (κ1) is 15.0. The van der Waals surface area contributed by atoms with Crippen molar-refractivity contribution in [2.75, 3.05) is 25.0 Å². The lowest BCUT2D eigenvalue weighted by Crippen LogP contribution is -2.21. The van der Waals surface area contributed by atoms with Crippen LogP contribution in [-0.2, 0) is 6.54 Å². The van der Waals surface area contributed by atoms with Crippen LogP contribution in [0.1, 0.15) is 39.3 Å². The third kappa shape index (κ3) is 5.50. The third-order valence-corrected chi connectivity index (χ3v) is 3.02. The van der Waals surface area contributed by atoms with Crippen LogP contribution in [0.15, 0.2) is 18.3 Å². The normalized spacial score (nSPS) is 10.9. The molecule has 0 amide bonds. The molecule has 0 unspecified atom stereocenters. The van der Waals surface area contributed by atoms with Gasteiger partial charge in [0.2, 0.25) is 0 Å². The molecule has 0 atom stereocenters. The van der Waals surface area contributed by atoms with Crippen molar-refractivity contribution in [2.45, 2.75) is 40.2 Å². The number of nitrogens with zero attached hydrogens (tertiary/aromatic N) is 2. The van der Waals surface area contributed by atoms with Gasteiger partial charge in [0.05, 0.1) is 5.69 Å². The van der Waals surface area contributed by atoms with Crippen LogP contribution in [0.3, 0.4) is 0 Å². The summed E-state index contributed by atoms with van der Waals surface area (Å²) < 4.78 is 0. The first-order valence-electron chi connectivity index (χ1n) is 7.00. The molecule has 0 radical (unpaired) electrons. The fraction of sp³-hybridized carbons (Fsp3) is 0.667. The van der Waals surface area contributed by atoms with E-state index in [9.17, 15) is 0 Å². The van der Waals surface area contributed by atoms with Crippen LogP contribution in [0.2, 0.25) is 0 Å². The van der Waals surface area contributed by atoms with Gasteiger partial charge in [0.1, 0.15) is 0 Å². The summed E-state index contributed by atoms with van der Waals surface area (Å²) >= 11 is 0. The van der Waals surface area contributed by atoms with E-state index in [-0.39, 0.29) is 0 Å². The van der Waals surface area contributed by atoms with Gasteiger partial charge in [-0.25, -0.2) is 0 Å². The van der Waals surface area contributed by atoms with Gasteiger partial charge >= 0.3 is 0 Å². The topological polar surface area (TPSA) is 28.2 Å². The van der Waals surface area contributed by atoms with Crippen LogP contribution in [0.5, 0.6) is 0 Å². The van der Waals surface area contributed by atoms with Gasteiger partial charge in [-0.2, -0.15) is 0 Å². The molecule has 0 saturated heterocycles. The number of pyridine rings is 1. The molecule has 1 aromatic rings. The molecule has 0 spiro atoms. The summed E-state index contributed by atoms with van der Waals surface area (Å²) in [4.78, 5) is 6.71. The van der Waals surface area contributed by atoms with Gasteiger partial charge in [0, 0.05) is 32.0 Å². The highest BCUT2D eigenvalue weighted by Gasteiger charge is 2.04. The van der Waals surface area contributed by atoms with Crippen LogP contribution < -0.4 is 10.2 Å². The summed E-state index contributed by atoms with van der Waals surface area (Å²) in [7, 11) is 2.15. The minimum Gasteiger partial charge on any atom is -0.374 e.